The van der Waals surface area contributed by atoms with E-state index in [4.69, 9.17) is 4.74 Å². The zero-order valence-electron chi connectivity index (χ0n) is 14.7. The Balaban J connectivity index is 1.59. The summed E-state index contributed by atoms with van der Waals surface area (Å²) in [5, 5.41) is 15.1. The lowest BCUT2D eigenvalue weighted by atomic mass is 10.2. The average molecular weight is 381 g/mol. The van der Waals surface area contributed by atoms with Crippen molar-refractivity contribution in [3.05, 3.63) is 42.4 Å². The smallest absolute Gasteiger partial charge is 0.416 e. The Labute approximate surface area is 153 Å². The van der Waals surface area contributed by atoms with Gasteiger partial charge in [-0.2, -0.15) is 18.3 Å². The highest BCUT2D eigenvalue weighted by Gasteiger charge is 2.30. The molecule has 2 aromatic heterocycles. The van der Waals surface area contributed by atoms with Gasteiger partial charge in [-0.15, -0.1) is 0 Å². The number of alkyl halides is 3. The predicted octanol–water partition coefficient (Wildman–Crippen LogP) is 2.26. The second-order valence-corrected chi connectivity index (χ2v) is 6.07. The molecule has 1 aromatic carbocycles. The molecule has 0 spiro atoms. The van der Waals surface area contributed by atoms with Crippen LogP contribution in [0.5, 0.6) is 5.75 Å². The van der Waals surface area contributed by atoms with E-state index in [1.165, 1.54) is 18.5 Å². The largest absolute Gasteiger partial charge is 0.491 e. The molecule has 0 saturated heterocycles. The Morgan fingerprint density at radius 1 is 1.22 bits per heavy atom. The lowest BCUT2D eigenvalue weighted by Gasteiger charge is -2.22. The van der Waals surface area contributed by atoms with Gasteiger partial charge in [0.25, 0.3) is 0 Å². The summed E-state index contributed by atoms with van der Waals surface area (Å²) in [4.78, 5) is 10.1. The Morgan fingerprint density at radius 2 is 1.93 bits per heavy atom. The third-order valence-electron chi connectivity index (χ3n) is 3.98. The summed E-state index contributed by atoms with van der Waals surface area (Å²) in [5.41, 5.74) is -0.0817. The highest BCUT2D eigenvalue weighted by molar-refractivity contribution is 5.86. The third-order valence-corrected chi connectivity index (χ3v) is 3.98. The summed E-state index contributed by atoms with van der Waals surface area (Å²) in [6.07, 6.45) is -2.21. The van der Waals surface area contributed by atoms with Crippen molar-refractivity contribution in [1.29, 1.82) is 0 Å². The molecule has 0 bridgehead atoms. The zero-order valence-corrected chi connectivity index (χ0v) is 14.7. The molecule has 0 aliphatic carbocycles. The second kappa shape index (κ2) is 7.39. The molecule has 3 aromatic rings. The van der Waals surface area contributed by atoms with Gasteiger partial charge in [0.1, 0.15) is 30.6 Å². The normalized spacial score (nSPS) is 13.0. The zero-order chi connectivity index (χ0) is 19.6. The molecule has 144 valence electrons. The van der Waals surface area contributed by atoms with E-state index in [1.807, 2.05) is 0 Å². The van der Waals surface area contributed by atoms with Gasteiger partial charge in [-0.25, -0.2) is 9.97 Å². The van der Waals surface area contributed by atoms with E-state index < -0.39 is 17.8 Å². The highest BCUT2D eigenvalue weighted by Crippen LogP contribution is 2.30. The van der Waals surface area contributed by atoms with Gasteiger partial charge in [-0.3, -0.25) is 4.68 Å². The fourth-order valence-electron chi connectivity index (χ4n) is 2.64. The lowest BCUT2D eigenvalue weighted by Crippen LogP contribution is -2.33. The van der Waals surface area contributed by atoms with Gasteiger partial charge < -0.3 is 14.7 Å². The van der Waals surface area contributed by atoms with E-state index in [0.717, 1.165) is 17.5 Å². The molecule has 2 heterocycles. The molecule has 7 nitrogen and oxygen atoms in total. The number of hydrogen-bond donors (Lipinski definition) is 1. The average Bonchev–Trinajstić information content (AvgIpc) is 3.01. The van der Waals surface area contributed by atoms with Crippen LogP contribution >= 0.6 is 0 Å². The maximum absolute atomic E-state index is 12.5. The van der Waals surface area contributed by atoms with Gasteiger partial charge in [0, 0.05) is 20.6 Å². The molecular weight excluding hydrogens is 363 g/mol. The summed E-state index contributed by atoms with van der Waals surface area (Å²) >= 11 is 0. The van der Waals surface area contributed by atoms with Crippen molar-refractivity contribution >= 4 is 16.9 Å². The molecule has 0 aliphatic rings. The highest BCUT2D eigenvalue weighted by atomic mass is 19.4. The number of halogens is 3. The fraction of sp³-hybridized carbons (Fsp3) is 0.353. The van der Waals surface area contributed by atoms with Gasteiger partial charge in [0.2, 0.25) is 0 Å². The number of likely N-dealkylation sites (N-methyl/N-ethyl adjacent to an activating group) is 1. The van der Waals surface area contributed by atoms with Crippen LogP contribution in [-0.4, -0.2) is 51.2 Å². The van der Waals surface area contributed by atoms with E-state index in [0.29, 0.717) is 11.5 Å². The molecular formula is C17H18F3N5O2. The van der Waals surface area contributed by atoms with Crippen molar-refractivity contribution in [3.63, 3.8) is 0 Å². The number of fused-ring (bicyclic) bond motifs is 1. The van der Waals surface area contributed by atoms with Crippen molar-refractivity contribution in [2.24, 2.45) is 7.05 Å². The number of aryl methyl sites for hydroxylation is 1. The first kappa shape index (κ1) is 18.9. The van der Waals surface area contributed by atoms with E-state index in [1.54, 1.807) is 29.9 Å². The van der Waals surface area contributed by atoms with Crippen molar-refractivity contribution in [3.8, 4) is 5.75 Å². The van der Waals surface area contributed by atoms with Gasteiger partial charge >= 0.3 is 6.18 Å². The molecule has 0 radical (unpaired) electrons. The van der Waals surface area contributed by atoms with Gasteiger partial charge in [-0.05, 0) is 24.3 Å². The molecule has 1 unspecified atom stereocenters. The van der Waals surface area contributed by atoms with Crippen LogP contribution in [0.1, 0.15) is 5.56 Å². The number of benzene rings is 1. The topological polar surface area (TPSA) is 76.3 Å². The monoisotopic (exact) mass is 381 g/mol. The quantitative estimate of drug-likeness (QED) is 0.706. The van der Waals surface area contributed by atoms with Crippen molar-refractivity contribution in [1.82, 2.24) is 19.7 Å². The summed E-state index contributed by atoms with van der Waals surface area (Å²) < 4.78 is 44.6. The molecule has 10 heteroatoms. The van der Waals surface area contributed by atoms with Gasteiger partial charge in [0.05, 0.1) is 17.1 Å². The number of rotatable bonds is 6. The van der Waals surface area contributed by atoms with Crippen LogP contribution in [0.25, 0.3) is 11.0 Å². The summed E-state index contributed by atoms with van der Waals surface area (Å²) in [7, 11) is 3.53. The number of ether oxygens (including phenoxy) is 1. The second-order valence-electron chi connectivity index (χ2n) is 6.07. The molecule has 27 heavy (non-hydrogen) atoms. The SMILES string of the molecule is CN(CC(O)COc1ccc(C(F)(F)F)cc1)c1ncnc2c1cnn2C. The maximum Gasteiger partial charge on any atom is 0.416 e. The first-order valence-corrected chi connectivity index (χ1v) is 8.07. The molecule has 1 atom stereocenters. The minimum absolute atomic E-state index is 0.0724. The first-order valence-electron chi connectivity index (χ1n) is 8.07. The molecule has 0 fully saturated rings. The molecule has 0 aliphatic heterocycles. The van der Waals surface area contributed by atoms with E-state index in [2.05, 4.69) is 15.1 Å². The number of nitrogens with zero attached hydrogens (tertiary/aromatic N) is 5. The standard InChI is InChI=1S/C17H18F3N5O2/c1-24(15-14-7-23-25(2)16(14)22-10-21-15)8-12(26)9-27-13-5-3-11(4-6-13)17(18,19)20/h3-7,10,12,26H,8-9H2,1-2H3. The molecule has 1 N–H and O–H groups in total. The summed E-state index contributed by atoms with van der Waals surface area (Å²) in [5.74, 6) is 0.864. The van der Waals surface area contributed by atoms with Crippen molar-refractivity contribution in [2.75, 3.05) is 25.1 Å². The van der Waals surface area contributed by atoms with Crippen LogP contribution in [-0.2, 0) is 13.2 Å². The Morgan fingerprint density at radius 3 is 2.59 bits per heavy atom. The van der Waals surface area contributed by atoms with Crippen LogP contribution < -0.4 is 9.64 Å². The van der Waals surface area contributed by atoms with E-state index >= 15 is 0 Å². The van der Waals surface area contributed by atoms with Crippen LogP contribution in [0, 0.1) is 0 Å². The first-order chi connectivity index (χ1) is 12.8. The predicted molar refractivity (Wildman–Crippen MR) is 92.5 cm³/mol. The van der Waals surface area contributed by atoms with Crippen LogP contribution in [0.3, 0.4) is 0 Å². The number of anilines is 1. The van der Waals surface area contributed by atoms with Crippen LogP contribution in [0.2, 0.25) is 0 Å². The lowest BCUT2D eigenvalue weighted by molar-refractivity contribution is -0.137. The van der Waals surface area contributed by atoms with Gasteiger partial charge in [-0.1, -0.05) is 0 Å². The Hall–Kier alpha value is -2.88. The summed E-state index contributed by atoms with van der Waals surface area (Å²) in [6.45, 7) is 0.138. The van der Waals surface area contributed by atoms with Gasteiger partial charge in [0.15, 0.2) is 5.65 Å². The minimum Gasteiger partial charge on any atom is -0.491 e. The third kappa shape index (κ3) is 4.27. The minimum atomic E-state index is -4.39. The van der Waals surface area contributed by atoms with E-state index in [9.17, 15) is 18.3 Å². The summed E-state index contributed by atoms with van der Waals surface area (Å²) in [6, 6.07) is 4.33. The molecule has 0 amide bonds. The van der Waals surface area contributed by atoms with Crippen LogP contribution in [0.15, 0.2) is 36.8 Å². The Kier molecular flexibility index (Phi) is 5.17. The fourth-order valence-corrected chi connectivity index (χ4v) is 2.64. The van der Waals surface area contributed by atoms with E-state index in [-0.39, 0.29) is 18.9 Å². The maximum atomic E-state index is 12.5. The number of aliphatic hydroxyl groups excluding tert-OH is 1. The molecule has 3 rings (SSSR count). The Bertz CT molecular complexity index is 911. The van der Waals surface area contributed by atoms with Crippen molar-refractivity contribution < 1.29 is 23.0 Å². The number of aliphatic hydroxyl groups is 1. The van der Waals surface area contributed by atoms with Crippen LogP contribution in [0.4, 0.5) is 19.0 Å². The molecule has 0 saturated carbocycles. The number of hydrogen-bond acceptors (Lipinski definition) is 6. The number of aromatic nitrogens is 4. The van der Waals surface area contributed by atoms with Crippen molar-refractivity contribution in [2.45, 2.75) is 12.3 Å².